The molecule has 0 radical (unpaired) electrons. The van der Waals surface area contributed by atoms with Crippen LogP contribution < -0.4 is 18.9 Å². The Morgan fingerprint density at radius 3 is 1.44 bits per heavy atom. The molecule has 0 heterocycles. The van der Waals surface area contributed by atoms with E-state index in [1.165, 1.54) is 26.4 Å². The second kappa shape index (κ2) is 13.0. The average molecular weight is 450 g/mol. The van der Waals surface area contributed by atoms with E-state index in [1.54, 1.807) is 24.3 Å². The molecular weight excluding hydrogens is 424 g/mol. The molecule has 0 saturated carbocycles. The molecule has 10 nitrogen and oxygen atoms in total. The Kier molecular flexibility index (Phi) is 10.1. The van der Waals surface area contributed by atoms with Crippen molar-refractivity contribution in [2.45, 2.75) is 0 Å². The lowest BCUT2D eigenvalue weighted by Crippen LogP contribution is -2.12. The molecular formula is C22H26O10. The molecule has 0 aliphatic rings. The van der Waals surface area contributed by atoms with E-state index in [1.807, 2.05) is 0 Å². The Balaban J connectivity index is 1.91. The summed E-state index contributed by atoms with van der Waals surface area (Å²) in [6.45, 7) is -0.351. The first-order valence-electron chi connectivity index (χ1n) is 9.71. The number of benzene rings is 2. The van der Waals surface area contributed by atoms with E-state index < -0.39 is 11.9 Å². The number of hydrogen-bond donors (Lipinski definition) is 2. The molecule has 0 aliphatic carbocycles. The lowest BCUT2D eigenvalue weighted by Gasteiger charge is -2.13. The van der Waals surface area contributed by atoms with Crippen LogP contribution in [0.5, 0.6) is 23.0 Å². The van der Waals surface area contributed by atoms with Crippen molar-refractivity contribution in [3.05, 3.63) is 47.5 Å². The predicted octanol–water partition coefficient (Wildman–Crippen LogP) is 1.46. The Labute approximate surface area is 185 Å². The Hall–Kier alpha value is -3.50. The minimum Gasteiger partial charge on any atom is -0.496 e. The molecule has 0 aromatic heterocycles. The molecule has 0 fully saturated rings. The van der Waals surface area contributed by atoms with Crippen molar-refractivity contribution in [1.82, 2.24) is 0 Å². The molecule has 0 unspecified atom stereocenters. The summed E-state index contributed by atoms with van der Waals surface area (Å²) in [5, 5.41) is 17.5. The quantitative estimate of drug-likeness (QED) is 0.342. The summed E-state index contributed by atoms with van der Waals surface area (Å²) < 4.78 is 31.4. The van der Waals surface area contributed by atoms with Crippen LogP contribution in [0.3, 0.4) is 0 Å². The average Bonchev–Trinajstić information content (AvgIpc) is 2.83. The number of ether oxygens (including phenoxy) is 6. The van der Waals surface area contributed by atoms with Gasteiger partial charge in [-0.25, -0.2) is 9.59 Å². The maximum Gasteiger partial charge on any atom is 0.342 e. The Morgan fingerprint density at radius 2 is 1.09 bits per heavy atom. The summed E-state index contributed by atoms with van der Waals surface area (Å²) in [4.78, 5) is 23.9. The van der Waals surface area contributed by atoms with Crippen LogP contribution in [0.25, 0.3) is 0 Å². The van der Waals surface area contributed by atoms with Crippen LogP contribution in [0.1, 0.15) is 20.7 Å². The molecule has 0 atom stereocenters. The molecule has 32 heavy (non-hydrogen) atoms. The van der Waals surface area contributed by atoms with Crippen molar-refractivity contribution >= 4 is 11.9 Å². The van der Waals surface area contributed by atoms with Crippen molar-refractivity contribution in [2.75, 3.05) is 53.9 Å². The predicted molar refractivity (Wildman–Crippen MR) is 112 cm³/mol. The topological polar surface area (TPSA) is 130 Å². The third-order valence-electron chi connectivity index (χ3n) is 4.06. The van der Waals surface area contributed by atoms with Gasteiger partial charge in [-0.05, 0) is 24.3 Å². The summed E-state index contributed by atoms with van der Waals surface area (Å²) >= 11 is 0. The lowest BCUT2D eigenvalue weighted by atomic mass is 10.2. The van der Waals surface area contributed by atoms with Crippen molar-refractivity contribution in [3.8, 4) is 23.0 Å². The Morgan fingerprint density at radius 1 is 0.688 bits per heavy atom. The van der Waals surface area contributed by atoms with Crippen molar-refractivity contribution in [2.24, 2.45) is 0 Å². The molecule has 10 heteroatoms. The molecule has 0 amide bonds. The van der Waals surface area contributed by atoms with Gasteiger partial charge >= 0.3 is 11.9 Å². The number of methoxy groups -OCH3 is 2. The van der Waals surface area contributed by atoms with Crippen LogP contribution in [-0.2, 0) is 9.47 Å². The van der Waals surface area contributed by atoms with Crippen molar-refractivity contribution < 1.29 is 48.2 Å². The first-order valence-corrected chi connectivity index (χ1v) is 9.71. The van der Waals surface area contributed by atoms with Gasteiger partial charge in [0.1, 0.15) is 60.6 Å². The largest absolute Gasteiger partial charge is 0.496 e. The standard InChI is InChI=1S/C22H26O10/c1-27-19-13-15(3-5-17(19)21(25)31-9-7-23)29-11-12-30-16-4-6-18(20(14-16)28-2)22(26)32-10-8-24/h3-6,13-14,23-24H,7-12H2,1-2H3. The first kappa shape index (κ1) is 24.8. The van der Waals surface area contributed by atoms with Crippen LogP contribution in [0, 0.1) is 0 Å². The van der Waals surface area contributed by atoms with Crippen LogP contribution in [-0.4, -0.2) is 76.0 Å². The number of esters is 2. The third kappa shape index (κ3) is 7.03. The Bertz CT molecular complexity index is 823. The number of rotatable bonds is 13. The van der Waals surface area contributed by atoms with Gasteiger partial charge in [-0.1, -0.05) is 0 Å². The van der Waals surface area contributed by atoms with Crippen molar-refractivity contribution in [1.29, 1.82) is 0 Å². The van der Waals surface area contributed by atoms with Gasteiger partial charge < -0.3 is 38.6 Å². The van der Waals surface area contributed by atoms with Gasteiger partial charge in [0.25, 0.3) is 0 Å². The summed E-state index contributed by atoms with van der Waals surface area (Å²) in [5.41, 5.74) is 0.434. The summed E-state index contributed by atoms with van der Waals surface area (Å²) in [7, 11) is 2.84. The molecule has 0 aliphatic heterocycles. The molecule has 2 rings (SSSR count). The number of carbonyl (C=O) groups is 2. The van der Waals surface area contributed by atoms with E-state index in [0.717, 1.165) is 0 Å². The minimum atomic E-state index is -0.608. The van der Waals surface area contributed by atoms with Gasteiger partial charge in [0, 0.05) is 12.1 Å². The first-order chi connectivity index (χ1) is 15.5. The minimum absolute atomic E-state index is 0.104. The van der Waals surface area contributed by atoms with E-state index in [4.69, 9.17) is 38.6 Å². The normalized spacial score (nSPS) is 10.2. The highest BCUT2D eigenvalue weighted by Gasteiger charge is 2.16. The molecule has 174 valence electrons. The fourth-order valence-electron chi connectivity index (χ4n) is 2.61. The third-order valence-corrected chi connectivity index (χ3v) is 4.06. The van der Waals surface area contributed by atoms with Crippen LogP contribution in [0.2, 0.25) is 0 Å². The van der Waals surface area contributed by atoms with Crippen molar-refractivity contribution in [3.63, 3.8) is 0 Å². The smallest absolute Gasteiger partial charge is 0.342 e. The maximum atomic E-state index is 12.0. The fraction of sp³-hybridized carbons (Fsp3) is 0.364. The van der Waals surface area contributed by atoms with Gasteiger partial charge in [0.2, 0.25) is 0 Å². The summed E-state index contributed by atoms with van der Waals surface area (Å²) in [6, 6.07) is 9.29. The van der Waals surface area contributed by atoms with Gasteiger partial charge in [-0.2, -0.15) is 0 Å². The number of aliphatic hydroxyl groups is 2. The molecule has 2 aromatic carbocycles. The lowest BCUT2D eigenvalue weighted by molar-refractivity contribution is 0.0423. The molecule has 2 N–H and O–H groups in total. The second-order valence-corrected chi connectivity index (χ2v) is 6.14. The van der Waals surface area contributed by atoms with E-state index in [0.29, 0.717) is 11.5 Å². The van der Waals surface area contributed by atoms with Crippen LogP contribution in [0.4, 0.5) is 0 Å². The van der Waals surface area contributed by atoms with E-state index in [9.17, 15) is 9.59 Å². The zero-order chi connectivity index (χ0) is 23.3. The summed E-state index contributed by atoms with van der Waals surface area (Å²) in [6.07, 6.45) is 0. The number of carbonyl (C=O) groups excluding carboxylic acids is 2. The highest BCUT2D eigenvalue weighted by atomic mass is 16.6. The molecule has 0 saturated heterocycles. The summed E-state index contributed by atoms with van der Waals surface area (Å²) in [5.74, 6) is 0.263. The van der Waals surface area contributed by atoms with Crippen LogP contribution in [0.15, 0.2) is 36.4 Å². The van der Waals surface area contributed by atoms with Crippen LogP contribution >= 0.6 is 0 Å². The van der Waals surface area contributed by atoms with E-state index in [2.05, 4.69) is 0 Å². The highest BCUT2D eigenvalue weighted by molar-refractivity contribution is 5.93. The monoisotopic (exact) mass is 450 g/mol. The second-order valence-electron chi connectivity index (χ2n) is 6.14. The van der Waals surface area contributed by atoms with Gasteiger partial charge in [0.05, 0.1) is 27.4 Å². The number of hydrogen-bond acceptors (Lipinski definition) is 10. The van der Waals surface area contributed by atoms with Gasteiger partial charge in [-0.3, -0.25) is 0 Å². The van der Waals surface area contributed by atoms with E-state index in [-0.39, 0.29) is 62.3 Å². The zero-order valence-electron chi connectivity index (χ0n) is 17.9. The molecule has 0 spiro atoms. The molecule has 2 aromatic rings. The SMILES string of the molecule is COc1cc(OCCOc2ccc(C(=O)OCCO)c(OC)c2)ccc1C(=O)OCCO. The van der Waals surface area contributed by atoms with E-state index >= 15 is 0 Å². The highest BCUT2D eigenvalue weighted by Crippen LogP contribution is 2.27. The van der Waals surface area contributed by atoms with Gasteiger partial charge in [0.15, 0.2) is 0 Å². The van der Waals surface area contributed by atoms with Gasteiger partial charge in [-0.15, -0.1) is 0 Å². The zero-order valence-corrected chi connectivity index (χ0v) is 17.9. The number of aliphatic hydroxyl groups excluding tert-OH is 2. The maximum absolute atomic E-state index is 12.0. The molecule has 0 bridgehead atoms. The fourth-order valence-corrected chi connectivity index (χ4v) is 2.61.